The van der Waals surface area contributed by atoms with Crippen LogP contribution in [0.1, 0.15) is 27.0 Å². The number of nitrogens with one attached hydrogen (secondary N) is 1. The molecule has 0 saturated carbocycles. The quantitative estimate of drug-likeness (QED) is 0.461. The lowest BCUT2D eigenvalue weighted by atomic mass is 10.0. The molecule has 2 aromatic carbocycles. The van der Waals surface area contributed by atoms with Gasteiger partial charge in [0.2, 0.25) is 11.3 Å². The maximum absolute atomic E-state index is 13.1. The summed E-state index contributed by atoms with van der Waals surface area (Å²) in [5, 5.41) is 3.34. The molecule has 2 aromatic heterocycles. The molecule has 6 heteroatoms. The van der Waals surface area contributed by atoms with Crippen LogP contribution in [0.2, 0.25) is 0 Å². The number of amides is 1. The summed E-state index contributed by atoms with van der Waals surface area (Å²) in [6.07, 6.45) is 5.23. The zero-order valence-corrected chi connectivity index (χ0v) is 17.7. The van der Waals surface area contributed by atoms with Crippen molar-refractivity contribution in [2.24, 2.45) is 0 Å². The zero-order chi connectivity index (χ0) is 22.5. The van der Waals surface area contributed by atoms with E-state index in [0.29, 0.717) is 23.0 Å². The fraction of sp³-hybridized carbons (Fsp3) is 0.154. The number of hydrogen-bond acceptors (Lipinski definition) is 4. The van der Waals surface area contributed by atoms with Gasteiger partial charge < -0.3 is 9.88 Å². The van der Waals surface area contributed by atoms with Gasteiger partial charge in [0, 0.05) is 36.1 Å². The number of benzene rings is 2. The van der Waals surface area contributed by atoms with Crippen molar-refractivity contribution < 1.29 is 9.59 Å². The zero-order valence-electron chi connectivity index (χ0n) is 17.7. The molecular formula is C26H23N3O3. The van der Waals surface area contributed by atoms with Gasteiger partial charge in [-0.05, 0) is 43.2 Å². The summed E-state index contributed by atoms with van der Waals surface area (Å²) < 4.78 is 1.67. The Morgan fingerprint density at radius 1 is 1.00 bits per heavy atom. The second kappa shape index (κ2) is 9.39. The summed E-state index contributed by atoms with van der Waals surface area (Å²) in [5.41, 5.74) is 2.73. The van der Waals surface area contributed by atoms with E-state index in [-0.39, 0.29) is 29.2 Å². The van der Waals surface area contributed by atoms with Crippen molar-refractivity contribution in [3.63, 3.8) is 0 Å². The minimum Gasteiger partial charge on any atom is -0.354 e. The molecule has 0 bridgehead atoms. The molecule has 4 aromatic rings. The standard InChI is InChI=1S/C26H23N3O3/c1-18-7-8-23-21(15-18)26(32)22(25(31)20-10-12-27-13-11-20)16-29(23)17-24(30)28-14-9-19-5-3-2-4-6-19/h2-8,10-13,15-16H,9,14,17H2,1H3,(H,28,30). The van der Waals surface area contributed by atoms with Crippen LogP contribution in [0.4, 0.5) is 0 Å². The van der Waals surface area contributed by atoms with Gasteiger partial charge in [-0.2, -0.15) is 0 Å². The Kier molecular flexibility index (Phi) is 6.22. The summed E-state index contributed by atoms with van der Waals surface area (Å²) in [7, 11) is 0. The molecule has 0 aliphatic rings. The fourth-order valence-corrected chi connectivity index (χ4v) is 3.66. The van der Waals surface area contributed by atoms with Gasteiger partial charge in [0.1, 0.15) is 6.54 Å². The van der Waals surface area contributed by atoms with Gasteiger partial charge in [0.25, 0.3) is 0 Å². The summed E-state index contributed by atoms with van der Waals surface area (Å²) in [5.74, 6) is -0.576. The average Bonchev–Trinajstić information content (AvgIpc) is 2.81. The van der Waals surface area contributed by atoms with Crippen molar-refractivity contribution in [1.29, 1.82) is 0 Å². The minimum absolute atomic E-state index is 0.00521. The number of aryl methyl sites for hydroxylation is 1. The number of nitrogens with zero attached hydrogens (tertiary/aromatic N) is 2. The molecule has 2 heterocycles. The second-order valence-corrected chi connectivity index (χ2v) is 7.67. The van der Waals surface area contributed by atoms with E-state index in [4.69, 9.17) is 0 Å². The van der Waals surface area contributed by atoms with Gasteiger partial charge in [-0.3, -0.25) is 19.4 Å². The first kappa shape index (κ1) is 21.2. The number of ketones is 1. The Labute approximate surface area is 185 Å². The molecule has 0 saturated heterocycles. The molecule has 0 atom stereocenters. The monoisotopic (exact) mass is 425 g/mol. The van der Waals surface area contributed by atoms with Crippen LogP contribution in [0.5, 0.6) is 0 Å². The van der Waals surface area contributed by atoms with Crippen LogP contribution in [0.25, 0.3) is 10.9 Å². The van der Waals surface area contributed by atoms with Gasteiger partial charge in [0.15, 0.2) is 5.78 Å². The summed E-state index contributed by atoms with van der Waals surface area (Å²) >= 11 is 0. The molecule has 0 radical (unpaired) electrons. The largest absolute Gasteiger partial charge is 0.354 e. The highest BCUT2D eigenvalue weighted by Crippen LogP contribution is 2.16. The summed E-state index contributed by atoms with van der Waals surface area (Å²) in [6.45, 7) is 2.39. The van der Waals surface area contributed by atoms with Crippen LogP contribution in [0.15, 0.2) is 84.0 Å². The third-order valence-corrected chi connectivity index (χ3v) is 5.32. The van der Waals surface area contributed by atoms with Crippen molar-refractivity contribution in [2.45, 2.75) is 19.9 Å². The van der Waals surface area contributed by atoms with Crippen molar-refractivity contribution in [2.75, 3.05) is 6.54 Å². The molecule has 4 rings (SSSR count). The molecule has 6 nitrogen and oxygen atoms in total. The Bertz CT molecular complexity index is 1330. The number of hydrogen-bond donors (Lipinski definition) is 1. The van der Waals surface area contributed by atoms with Gasteiger partial charge in [-0.1, -0.05) is 42.0 Å². The molecule has 0 aliphatic heterocycles. The Balaban J connectivity index is 1.63. The number of fused-ring (bicyclic) bond motifs is 1. The van der Waals surface area contributed by atoms with E-state index in [0.717, 1.165) is 17.5 Å². The van der Waals surface area contributed by atoms with E-state index in [1.807, 2.05) is 49.4 Å². The van der Waals surface area contributed by atoms with Gasteiger partial charge in [0.05, 0.1) is 11.1 Å². The van der Waals surface area contributed by atoms with Crippen molar-refractivity contribution in [3.8, 4) is 0 Å². The van der Waals surface area contributed by atoms with Gasteiger partial charge in [-0.15, -0.1) is 0 Å². The molecule has 0 aliphatic carbocycles. The normalized spacial score (nSPS) is 10.8. The Morgan fingerprint density at radius 3 is 2.50 bits per heavy atom. The number of aromatic nitrogens is 2. The smallest absolute Gasteiger partial charge is 0.239 e. The molecule has 1 N–H and O–H groups in total. The predicted molar refractivity (Wildman–Crippen MR) is 124 cm³/mol. The lowest BCUT2D eigenvalue weighted by Crippen LogP contribution is -2.30. The predicted octanol–water partition coefficient (Wildman–Crippen LogP) is 3.29. The van der Waals surface area contributed by atoms with E-state index >= 15 is 0 Å². The molecule has 160 valence electrons. The Morgan fingerprint density at radius 2 is 1.75 bits per heavy atom. The first-order valence-corrected chi connectivity index (χ1v) is 10.4. The van der Waals surface area contributed by atoms with E-state index < -0.39 is 0 Å². The highest BCUT2D eigenvalue weighted by Gasteiger charge is 2.18. The lowest BCUT2D eigenvalue weighted by molar-refractivity contribution is -0.121. The molecule has 0 spiro atoms. The number of rotatable bonds is 7. The average molecular weight is 425 g/mol. The third kappa shape index (κ3) is 4.64. The fourth-order valence-electron chi connectivity index (χ4n) is 3.66. The minimum atomic E-state index is -0.390. The van der Waals surface area contributed by atoms with E-state index in [1.54, 1.807) is 22.8 Å². The van der Waals surface area contributed by atoms with E-state index in [2.05, 4.69) is 10.3 Å². The SMILES string of the molecule is Cc1ccc2c(c1)c(=O)c(C(=O)c1ccncc1)cn2CC(=O)NCCc1ccccc1. The lowest BCUT2D eigenvalue weighted by Gasteiger charge is -2.14. The highest BCUT2D eigenvalue weighted by molar-refractivity contribution is 6.10. The topological polar surface area (TPSA) is 81.1 Å². The van der Waals surface area contributed by atoms with Crippen LogP contribution in [0, 0.1) is 6.92 Å². The van der Waals surface area contributed by atoms with Crippen LogP contribution in [-0.2, 0) is 17.8 Å². The number of carbonyl (C=O) groups excluding carboxylic acids is 2. The third-order valence-electron chi connectivity index (χ3n) is 5.32. The first-order chi connectivity index (χ1) is 15.5. The maximum atomic E-state index is 13.1. The van der Waals surface area contributed by atoms with Crippen molar-refractivity contribution in [3.05, 3.63) is 112 Å². The summed E-state index contributed by atoms with van der Waals surface area (Å²) in [6, 6.07) is 18.5. The second-order valence-electron chi connectivity index (χ2n) is 7.67. The Hall–Kier alpha value is -4.06. The first-order valence-electron chi connectivity index (χ1n) is 10.4. The van der Waals surface area contributed by atoms with Gasteiger partial charge >= 0.3 is 0 Å². The molecule has 0 unspecified atom stereocenters. The number of carbonyl (C=O) groups is 2. The highest BCUT2D eigenvalue weighted by atomic mass is 16.2. The van der Waals surface area contributed by atoms with Crippen molar-refractivity contribution in [1.82, 2.24) is 14.9 Å². The molecule has 1 amide bonds. The maximum Gasteiger partial charge on any atom is 0.239 e. The molecule has 0 fully saturated rings. The van der Waals surface area contributed by atoms with Crippen LogP contribution in [-0.4, -0.2) is 27.8 Å². The van der Waals surface area contributed by atoms with E-state index in [1.165, 1.54) is 18.6 Å². The van der Waals surface area contributed by atoms with Crippen molar-refractivity contribution >= 4 is 22.6 Å². The van der Waals surface area contributed by atoms with Crippen LogP contribution < -0.4 is 10.7 Å². The molecule has 32 heavy (non-hydrogen) atoms. The molecular weight excluding hydrogens is 402 g/mol. The number of pyridine rings is 2. The van der Waals surface area contributed by atoms with E-state index in [9.17, 15) is 14.4 Å². The summed E-state index contributed by atoms with van der Waals surface area (Å²) in [4.78, 5) is 42.7. The van der Waals surface area contributed by atoms with Crippen LogP contribution >= 0.6 is 0 Å². The van der Waals surface area contributed by atoms with Crippen LogP contribution in [0.3, 0.4) is 0 Å². The van der Waals surface area contributed by atoms with Gasteiger partial charge in [-0.25, -0.2) is 0 Å².